The Labute approximate surface area is 67.3 Å². The summed E-state index contributed by atoms with van der Waals surface area (Å²) in [5.74, 6) is 0. The van der Waals surface area contributed by atoms with Crippen molar-refractivity contribution in [3.05, 3.63) is 0 Å². The molecule has 1 N–H and O–H groups in total. The zero-order chi connectivity index (χ0) is 8.10. The number of hydrogen-bond donors (Lipinski definition) is 1. The van der Waals surface area contributed by atoms with Crippen LogP contribution in [0.1, 0.15) is 0 Å². The predicted octanol–water partition coefficient (Wildman–Crippen LogP) is -0.842. The van der Waals surface area contributed by atoms with Crippen LogP contribution < -0.4 is 0 Å². The van der Waals surface area contributed by atoms with Crippen LogP contribution in [0.15, 0.2) is 0 Å². The molecule has 4 nitrogen and oxygen atoms in total. The minimum Gasteiger partial charge on any atom is -0.395 e. The molecule has 0 aliphatic carbocycles. The Balaban J connectivity index is 2.14. The highest BCUT2D eigenvalue weighted by Gasteiger charge is 2.14. The summed E-state index contributed by atoms with van der Waals surface area (Å²) in [5, 5.41) is 10.6. The maximum absolute atomic E-state index is 8.66. The highest BCUT2D eigenvalue weighted by Crippen LogP contribution is 1.99. The first-order valence-electron chi connectivity index (χ1n) is 3.99. The van der Waals surface area contributed by atoms with E-state index in [-0.39, 0.29) is 6.61 Å². The number of β-amino-alcohol motifs (C(OH)–C–C–N with tert-alkyl or cyclic N) is 1. The summed E-state index contributed by atoms with van der Waals surface area (Å²) < 4.78 is 0. The van der Waals surface area contributed by atoms with E-state index in [0.717, 1.165) is 32.7 Å². The summed E-state index contributed by atoms with van der Waals surface area (Å²) in [4.78, 5) is 7.29. The summed E-state index contributed by atoms with van der Waals surface area (Å²) >= 11 is 0. The van der Waals surface area contributed by atoms with Gasteiger partial charge in [0.15, 0.2) is 0 Å². The van der Waals surface area contributed by atoms with Crippen molar-refractivity contribution in [2.75, 3.05) is 46.4 Å². The molecule has 0 aromatic rings. The zero-order valence-electron chi connectivity index (χ0n) is 6.99. The lowest BCUT2D eigenvalue weighted by Gasteiger charge is -2.32. The van der Waals surface area contributed by atoms with Gasteiger partial charge >= 0.3 is 0 Å². The maximum Gasteiger partial charge on any atom is 0.0575 e. The third kappa shape index (κ3) is 2.75. The van der Waals surface area contributed by atoms with Crippen molar-refractivity contribution in [1.29, 1.82) is 0 Å². The lowest BCUT2D eigenvalue weighted by molar-refractivity contribution is -0.152. The van der Waals surface area contributed by atoms with Gasteiger partial charge in [0.05, 0.1) is 13.7 Å². The molecule has 0 radical (unpaired) electrons. The van der Waals surface area contributed by atoms with Gasteiger partial charge in [-0.2, -0.15) is 5.06 Å². The first-order valence-corrected chi connectivity index (χ1v) is 3.99. The van der Waals surface area contributed by atoms with Crippen LogP contribution in [0.2, 0.25) is 0 Å². The van der Waals surface area contributed by atoms with E-state index < -0.39 is 0 Å². The van der Waals surface area contributed by atoms with Gasteiger partial charge in [0.1, 0.15) is 0 Å². The summed E-state index contributed by atoms with van der Waals surface area (Å²) in [5.41, 5.74) is 0. The van der Waals surface area contributed by atoms with Crippen LogP contribution in [0.5, 0.6) is 0 Å². The number of nitrogens with zero attached hydrogens (tertiary/aromatic N) is 2. The molecule has 0 unspecified atom stereocenters. The average molecular weight is 160 g/mol. The molecule has 1 aliphatic rings. The quantitative estimate of drug-likeness (QED) is 0.584. The minimum atomic E-state index is 0.257. The SMILES string of the molecule is CON1CCN(CCO)CC1. The molecule has 0 amide bonds. The van der Waals surface area contributed by atoms with E-state index in [9.17, 15) is 0 Å². The van der Waals surface area contributed by atoms with Crippen LogP contribution >= 0.6 is 0 Å². The lowest BCUT2D eigenvalue weighted by Crippen LogP contribution is -2.46. The molecule has 0 atom stereocenters. The summed E-state index contributed by atoms with van der Waals surface area (Å²) in [7, 11) is 1.70. The lowest BCUT2D eigenvalue weighted by atomic mass is 10.3. The average Bonchev–Trinajstić information content (AvgIpc) is 2.07. The van der Waals surface area contributed by atoms with Gasteiger partial charge in [0.2, 0.25) is 0 Å². The fraction of sp³-hybridized carbons (Fsp3) is 1.00. The Morgan fingerprint density at radius 1 is 1.27 bits per heavy atom. The van der Waals surface area contributed by atoms with Gasteiger partial charge < -0.3 is 9.94 Å². The van der Waals surface area contributed by atoms with E-state index >= 15 is 0 Å². The molecule has 1 heterocycles. The van der Waals surface area contributed by atoms with Crippen LogP contribution in [0.4, 0.5) is 0 Å². The van der Waals surface area contributed by atoms with E-state index in [0.29, 0.717) is 0 Å². The van der Waals surface area contributed by atoms with Gasteiger partial charge in [-0.15, -0.1) is 0 Å². The monoisotopic (exact) mass is 160 g/mol. The van der Waals surface area contributed by atoms with Crippen molar-refractivity contribution in [2.24, 2.45) is 0 Å². The Hall–Kier alpha value is -0.160. The fourth-order valence-corrected chi connectivity index (χ4v) is 1.28. The van der Waals surface area contributed by atoms with Crippen molar-refractivity contribution >= 4 is 0 Å². The van der Waals surface area contributed by atoms with E-state index in [4.69, 9.17) is 9.94 Å². The molecule has 11 heavy (non-hydrogen) atoms. The number of aliphatic hydroxyl groups excluding tert-OH is 1. The van der Waals surface area contributed by atoms with E-state index in [1.54, 1.807) is 7.11 Å². The number of rotatable bonds is 3. The van der Waals surface area contributed by atoms with Crippen LogP contribution in [-0.4, -0.2) is 61.5 Å². The fourth-order valence-electron chi connectivity index (χ4n) is 1.28. The van der Waals surface area contributed by atoms with E-state index in [1.165, 1.54) is 0 Å². The van der Waals surface area contributed by atoms with Crippen molar-refractivity contribution in [1.82, 2.24) is 9.96 Å². The molecular formula is C7H16N2O2. The normalized spacial score (nSPS) is 22.4. The highest BCUT2D eigenvalue weighted by molar-refractivity contribution is 4.66. The van der Waals surface area contributed by atoms with Gasteiger partial charge in [0.25, 0.3) is 0 Å². The Kier molecular flexibility index (Phi) is 3.79. The largest absolute Gasteiger partial charge is 0.395 e. The van der Waals surface area contributed by atoms with Gasteiger partial charge in [-0.3, -0.25) is 4.90 Å². The summed E-state index contributed by atoms with van der Waals surface area (Å²) in [6, 6.07) is 0. The van der Waals surface area contributed by atoms with Crippen molar-refractivity contribution in [2.45, 2.75) is 0 Å². The van der Waals surface area contributed by atoms with E-state index in [2.05, 4.69) is 4.90 Å². The minimum absolute atomic E-state index is 0.257. The third-order valence-electron chi connectivity index (χ3n) is 2.01. The molecule has 0 spiro atoms. The standard InChI is InChI=1S/C7H16N2O2/c1-11-9-4-2-8(3-5-9)6-7-10/h10H,2-7H2,1H3. The first-order chi connectivity index (χ1) is 5.36. The maximum atomic E-state index is 8.66. The van der Waals surface area contributed by atoms with Crippen LogP contribution in [0, 0.1) is 0 Å². The molecular weight excluding hydrogens is 144 g/mol. The number of hydroxylamine groups is 2. The van der Waals surface area contributed by atoms with Crippen LogP contribution in [0.3, 0.4) is 0 Å². The van der Waals surface area contributed by atoms with Gasteiger partial charge in [-0.25, -0.2) is 0 Å². The predicted molar refractivity (Wildman–Crippen MR) is 42.1 cm³/mol. The molecule has 1 rings (SSSR count). The van der Waals surface area contributed by atoms with Crippen LogP contribution in [0.25, 0.3) is 0 Å². The molecule has 0 aromatic carbocycles. The van der Waals surface area contributed by atoms with Gasteiger partial charge in [-0.1, -0.05) is 0 Å². The van der Waals surface area contributed by atoms with E-state index in [1.807, 2.05) is 5.06 Å². The number of hydrogen-bond acceptors (Lipinski definition) is 4. The molecule has 0 aromatic heterocycles. The molecule has 1 fully saturated rings. The second-order valence-electron chi connectivity index (χ2n) is 2.68. The Bertz CT molecular complexity index is 103. The Morgan fingerprint density at radius 3 is 2.36 bits per heavy atom. The third-order valence-corrected chi connectivity index (χ3v) is 2.01. The summed E-state index contributed by atoms with van der Waals surface area (Å²) in [6.45, 7) is 4.92. The van der Waals surface area contributed by atoms with Crippen molar-refractivity contribution in [3.8, 4) is 0 Å². The van der Waals surface area contributed by atoms with Crippen molar-refractivity contribution < 1.29 is 9.94 Å². The summed E-state index contributed by atoms with van der Waals surface area (Å²) in [6.07, 6.45) is 0. The molecule has 0 saturated carbocycles. The Morgan fingerprint density at radius 2 is 1.91 bits per heavy atom. The second-order valence-corrected chi connectivity index (χ2v) is 2.68. The number of aliphatic hydroxyl groups is 1. The van der Waals surface area contributed by atoms with Crippen molar-refractivity contribution in [3.63, 3.8) is 0 Å². The second kappa shape index (κ2) is 4.66. The van der Waals surface area contributed by atoms with Gasteiger partial charge in [0, 0.05) is 32.7 Å². The molecule has 1 saturated heterocycles. The first kappa shape index (κ1) is 8.93. The van der Waals surface area contributed by atoms with Crippen LogP contribution in [-0.2, 0) is 4.84 Å². The highest BCUT2D eigenvalue weighted by atomic mass is 16.7. The molecule has 0 bridgehead atoms. The molecule has 1 aliphatic heterocycles. The molecule has 4 heteroatoms. The number of piperazine rings is 1. The smallest absolute Gasteiger partial charge is 0.0575 e. The molecule has 66 valence electrons. The zero-order valence-corrected chi connectivity index (χ0v) is 6.99. The topological polar surface area (TPSA) is 35.9 Å². The van der Waals surface area contributed by atoms with Gasteiger partial charge in [-0.05, 0) is 0 Å².